The van der Waals surface area contributed by atoms with Gasteiger partial charge in [-0.25, -0.2) is 0 Å². The van der Waals surface area contributed by atoms with Crippen molar-refractivity contribution in [2.75, 3.05) is 25.5 Å². The lowest BCUT2D eigenvalue weighted by molar-refractivity contribution is -0.122. The van der Waals surface area contributed by atoms with Crippen LogP contribution in [0.1, 0.15) is 31.1 Å². The molecule has 0 heterocycles. The standard InChI is InChI=1S/C21H26N2O4/c1-5-23(6-2)21(25)16-7-9-17(10-8-16)22-20(24)15(3)27-19-13-11-18(26-4)12-14-19/h7-15H,5-6H2,1-4H3,(H,22,24)/t15-/m0/s1. The number of methoxy groups -OCH3 is 1. The summed E-state index contributed by atoms with van der Waals surface area (Å²) in [7, 11) is 1.59. The van der Waals surface area contributed by atoms with Gasteiger partial charge in [-0.2, -0.15) is 0 Å². The highest BCUT2D eigenvalue weighted by atomic mass is 16.5. The molecule has 0 saturated heterocycles. The fourth-order valence-corrected chi connectivity index (χ4v) is 2.55. The Labute approximate surface area is 160 Å². The van der Waals surface area contributed by atoms with Crippen LogP contribution in [0.2, 0.25) is 0 Å². The summed E-state index contributed by atoms with van der Waals surface area (Å²) in [4.78, 5) is 26.4. The number of amides is 2. The molecule has 0 fully saturated rings. The second-order valence-electron chi connectivity index (χ2n) is 5.98. The molecule has 0 saturated carbocycles. The van der Waals surface area contributed by atoms with Crippen molar-refractivity contribution in [3.8, 4) is 11.5 Å². The third kappa shape index (κ3) is 5.48. The molecule has 1 N–H and O–H groups in total. The summed E-state index contributed by atoms with van der Waals surface area (Å²) in [6.45, 7) is 6.89. The number of anilines is 1. The van der Waals surface area contributed by atoms with Crippen LogP contribution in [0.25, 0.3) is 0 Å². The second kappa shape index (κ2) is 9.62. The Morgan fingerprint density at radius 1 is 0.963 bits per heavy atom. The van der Waals surface area contributed by atoms with Gasteiger partial charge in [-0.05, 0) is 69.3 Å². The smallest absolute Gasteiger partial charge is 0.265 e. The van der Waals surface area contributed by atoms with Crippen molar-refractivity contribution in [2.45, 2.75) is 26.9 Å². The average molecular weight is 370 g/mol. The Hall–Kier alpha value is -3.02. The van der Waals surface area contributed by atoms with Gasteiger partial charge >= 0.3 is 0 Å². The van der Waals surface area contributed by atoms with Crippen molar-refractivity contribution in [2.24, 2.45) is 0 Å². The molecular weight excluding hydrogens is 344 g/mol. The molecule has 0 radical (unpaired) electrons. The van der Waals surface area contributed by atoms with E-state index in [-0.39, 0.29) is 11.8 Å². The van der Waals surface area contributed by atoms with Gasteiger partial charge in [0.05, 0.1) is 7.11 Å². The van der Waals surface area contributed by atoms with Crippen LogP contribution in [0.3, 0.4) is 0 Å². The summed E-state index contributed by atoms with van der Waals surface area (Å²) in [5, 5.41) is 2.79. The maximum Gasteiger partial charge on any atom is 0.265 e. The Kier molecular flexibility index (Phi) is 7.23. The van der Waals surface area contributed by atoms with Crippen LogP contribution in [0.4, 0.5) is 5.69 Å². The van der Waals surface area contributed by atoms with E-state index in [2.05, 4.69) is 5.32 Å². The summed E-state index contributed by atoms with van der Waals surface area (Å²) in [5.41, 5.74) is 1.21. The molecule has 27 heavy (non-hydrogen) atoms. The zero-order valence-electron chi connectivity index (χ0n) is 16.2. The van der Waals surface area contributed by atoms with Gasteiger partial charge < -0.3 is 19.7 Å². The molecule has 0 aromatic heterocycles. The summed E-state index contributed by atoms with van der Waals surface area (Å²) in [6, 6.07) is 13.9. The summed E-state index contributed by atoms with van der Waals surface area (Å²) in [6.07, 6.45) is -0.671. The number of benzene rings is 2. The minimum Gasteiger partial charge on any atom is -0.497 e. The zero-order chi connectivity index (χ0) is 19.8. The van der Waals surface area contributed by atoms with E-state index in [1.807, 2.05) is 13.8 Å². The number of hydrogen-bond donors (Lipinski definition) is 1. The first-order valence-electron chi connectivity index (χ1n) is 8.99. The van der Waals surface area contributed by atoms with Crippen LogP contribution >= 0.6 is 0 Å². The fraction of sp³-hybridized carbons (Fsp3) is 0.333. The topological polar surface area (TPSA) is 67.9 Å². The molecule has 144 valence electrons. The number of hydrogen-bond acceptors (Lipinski definition) is 4. The lowest BCUT2D eigenvalue weighted by Crippen LogP contribution is -2.31. The first-order valence-corrected chi connectivity index (χ1v) is 8.99. The van der Waals surface area contributed by atoms with E-state index in [1.165, 1.54) is 0 Å². The number of nitrogens with one attached hydrogen (secondary N) is 1. The number of ether oxygens (including phenoxy) is 2. The summed E-state index contributed by atoms with van der Waals surface area (Å²) in [5.74, 6) is 1.01. The highest BCUT2D eigenvalue weighted by molar-refractivity contribution is 5.96. The average Bonchev–Trinajstić information content (AvgIpc) is 2.70. The summed E-state index contributed by atoms with van der Waals surface area (Å²) >= 11 is 0. The maximum atomic E-state index is 12.3. The van der Waals surface area contributed by atoms with E-state index in [9.17, 15) is 9.59 Å². The number of carbonyl (C=O) groups excluding carboxylic acids is 2. The first kappa shape index (κ1) is 20.3. The third-order valence-electron chi connectivity index (χ3n) is 4.19. The normalized spacial score (nSPS) is 11.4. The monoisotopic (exact) mass is 370 g/mol. The molecule has 0 aliphatic rings. The van der Waals surface area contributed by atoms with Crippen LogP contribution in [-0.4, -0.2) is 43.0 Å². The molecule has 2 rings (SSSR count). The van der Waals surface area contributed by atoms with Crippen molar-refractivity contribution in [3.05, 3.63) is 54.1 Å². The van der Waals surface area contributed by atoms with Gasteiger partial charge in [0.15, 0.2) is 6.10 Å². The maximum absolute atomic E-state index is 12.3. The van der Waals surface area contributed by atoms with Gasteiger partial charge in [-0.1, -0.05) is 0 Å². The van der Waals surface area contributed by atoms with Crippen LogP contribution in [0.5, 0.6) is 11.5 Å². The zero-order valence-corrected chi connectivity index (χ0v) is 16.2. The van der Waals surface area contributed by atoms with E-state index in [1.54, 1.807) is 67.5 Å². The molecule has 0 bridgehead atoms. The lowest BCUT2D eigenvalue weighted by atomic mass is 10.1. The Bertz CT molecular complexity index is 753. The molecule has 0 aliphatic carbocycles. The van der Waals surface area contributed by atoms with Gasteiger partial charge in [0.2, 0.25) is 0 Å². The highest BCUT2D eigenvalue weighted by Gasteiger charge is 2.16. The molecule has 0 unspecified atom stereocenters. The van der Waals surface area contributed by atoms with Gasteiger partial charge in [0.25, 0.3) is 11.8 Å². The van der Waals surface area contributed by atoms with Crippen molar-refractivity contribution in [3.63, 3.8) is 0 Å². The van der Waals surface area contributed by atoms with E-state index in [0.29, 0.717) is 30.1 Å². The van der Waals surface area contributed by atoms with Gasteiger partial charge in [-0.3, -0.25) is 9.59 Å². The number of rotatable bonds is 8. The van der Waals surface area contributed by atoms with Gasteiger partial charge in [0, 0.05) is 24.3 Å². The number of carbonyl (C=O) groups is 2. The quantitative estimate of drug-likeness (QED) is 0.771. The van der Waals surface area contributed by atoms with Crippen LogP contribution in [-0.2, 0) is 4.79 Å². The van der Waals surface area contributed by atoms with Gasteiger partial charge in [-0.15, -0.1) is 0 Å². The third-order valence-corrected chi connectivity index (χ3v) is 4.19. The highest BCUT2D eigenvalue weighted by Crippen LogP contribution is 2.19. The summed E-state index contributed by atoms with van der Waals surface area (Å²) < 4.78 is 10.7. The molecule has 1 atom stereocenters. The van der Waals surface area contributed by atoms with Crippen molar-refractivity contribution < 1.29 is 19.1 Å². The number of nitrogens with zero attached hydrogens (tertiary/aromatic N) is 1. The van der Waals surface area contributed by atoms with E-state index in [0.717, 1.165) is 5.75 Å². The molecule has 0 aliphatic heterocycles. The largest absolute Gasteiger partial charge is 0.497 e. The second-order valence-corrected chi connectivity index (χ2v) is 5.98. The van der Waals surface area contributed by atoms with E-state index < -0.39 is 6.10 Å². The van der Waals surface area contributed by atoms with E-state index >= 15 is 0 Å². The van der Waals surface area contributed by atoms with E-state index in [4.69, 9.17) is 9.47 Å². The van der Waals surface area contributed by atoms with Crippen LogP contribution < -0.4 is 14.8 Å². The van der Waals surface area contributed by atoms with Crippen LogP contribution in [0.15, 0.2) is 48.5 Å². The predicted molar refractivity (Wildman–Crippen MR) is 105 cm³/mol. The first-order chi connectivity index (χ1) is 13.0. The minimum atomic E-state index is -0.671. The minimum absolute atomic E-state index is 0.0194. The fourth-order valence-electron chi connectivity index (χ4n) is 2.55. The van der Waals surface area contributed by atoms with Crippen molar-refractivity contribution in [1.29, 1.82) is 0 Å². The Morgan fingerprint density at radius 3 is 2.04 bits per heavy atom. The van der Waals surface area contributed by atoms with Crippen molar-refractivity contribution >= 4 is 17.5 Å². The lowest BCUT2D eigenvalue weighted by Gasteiger charge is -2.19. The Morgan fingerprint density at radius 2 is 1.52 bits per heavy atom. The predicted octanol–water partition coefficient (Wildman–Crippen LogP) is 3.58. The molecular formula is C21H26N2O4. The molecule has 2 aromatic rings. The Balaban J connectivity index is 1.95. The van der Waals surface area contributed by atoms with Gasteiger partial charge in [0.1, 0.15) is 11.5 Å². The molecule has 2 amide bonds. The molecule has 2 aromatic carbocycles. The SMILES string of the molecule is CCN(CC)C(=O)c1ccc(NC(=O)[C@H](C)Oc2ccc(OC)cc2)cc1. The molecule has 0 spiro atoms. The molecule has 6 heteroatoms. The molecule has 6 nitrogen and oxygen atoms in total. The van der Waals surface area contributed by atoms with Crippen molar-refractivity contribution in [1.82, 2.24) is 4.90 Å². The van der Waals surface area contributed by atoms with Crippen LogP contribution in [0, 0.1) is 0 Å².